The van der Waals surface area contributed by atoms with Gasteiger partial charge in [0.1, 0.15) is 11.3 Å². The van der Waals surface area contributed by atoms with Gasteiger partial charge in [-0.3, -0.25) is 0 Å². The highest BCUT2D eigenvalue weighted by molar-refractivity contribution is 5.82. The summed E-state index contributed by atoms with van der Waals surface area (Å²) in [5, 5.41) is 4.91. The summed E-state index contributed by atoms with van der Waals surface area (Å²) in [6.45, 7) is 7.64. The number of rotatable bonds is 8. The Labute approximate surface area is 122 Å². The van der Waals surface area contributed by atoms with E-state index in [9.17, 15) is 0 Å². The predicted molar refractivity (Wildman–Crippen MR) is 86.0 cm³/mol. The lowest BCUT2D eigenvalue weighted by molar-refractivity contribution is 0.491. The van der Waals surface area contributed by atoms with E-state index in [1.807, 2.05) is 6.07 Å². The molecule has 1 aromatic heterocycles. The Morgan fingerprint density at radius 2 is 1.95 bits per heavy atom. The molecular formula is C18H27NO. The molecule has 1 atom stereocenters. The maximum atomic E-state index is 6.05. The molecule has 0 fully saturated rings. The van der Waals surface area contributed by atoms with Crippen LogP contribution >= 0.6 is 0 Å². The molecule has 0 saturated heterocycles. The van der Waals surface area contributed by atoms with Gasteiger partial charge < -0.3 is 9.73 Å². The van der Waals surface area contributed by atoms with E-state index in [1.54, 1.807) is 0 Å². The summed E-state index contributed by atoms with van der Waals surface area (Å²) < 4.78 is 6.05. The Balaban J connectivity index is 2.19. The first-order chi connectivity index (χ1) is 9.76. The zero-order valence-corrected chi connectivity index (χ0v) is 13.0. The molecule has 0 aliphatic heterocycles. The van der Waals surface area contributed by atoms with Gasteiger partial charge in [0.05, 0.1) is 0 Å². The van der Waals surface area contributed by atoms with Gasteiger partial charge in [-0.25, -0.2) is 0 Å². The zero-order valence-electron chi connectivity index (χ0n) is 13.0. The second-order valence-electron chi connectivity index (χ2n) is 5.67. The number of hydrogen-bond donors (Lipinski definition) is 1. The molecule has 2 heteroatoms. The first-order valence-corrected chi connectivity index (χ1v) is 7.98. The predicted octanol–water partition coefficient (Wildman–Crippen LogP) is 5.05. The van der Waals surface area contributed by atoms with Gasteiger partial charge in [-0.15, -0.1) is 0 Å². The number of aryl methyl sites for hydroxylation is 1. The molecular weight excluding hydrogens is 246 g/mol. The summed E-state index contributed by atoms with van der Waals surface area (Å²) in [6.07, 6.45) is 5.89. The van der Waals surface area contributed by atoms with Crippen LogP contribution in [0.25, 0.3) is 11.0 Å². The molecule has 2 rings (SSSR count). The monoisotopic (exact) mass is 273 g/mol. The van der Waals surface area contributed by atoms with Crippen LogP contribution in [0.1, 0.15) is 57.8 Å². The summed E-state index contributed by atoms with van der Waals surface area (Å²) in [7, 11) is 0. The summed E-state index contributed by atoms with van der Waals surface area (Å²) in [5.74, 6) is 1.17. The van der Waals surface area contributed by atoms with E-state index < -0.39 is 0 Å². The zero-order chi connectivity index (χ0) is 14.4. The number of furan rings is 1. The maximum Gasteiger partial charge on any atom is 0.134 e. The van der Waals surface area contributed by atoms with Gasteiger partial charge in [0.2, 0.25) is 0 Å². The van der Waals surface area contributed by atoms with E-state index in [2.05, 4.69) is 44.3 Å². The van der Waals surface area contributed by atoms with Gasteiger partial charge in [0.25, 0.3) is 0 Å². The lowest BCUT2D eigenvalue weighted by Crippen LogP contribution is -2.25. The van der Waals surface area contributed by atoms with E-state index in [0.717, 1.165) is 18.5 Å². The molecule has 0 radical (unpaired) electrons. The third kappa shape index (κ3) is 3.63. The number of hydrogen-bond acceptors (Lipinski definition) is 2. The van der Waals surface area contributed by atoms with Crippen molar-refractivity contribution in [2.75, 3.05) is 0 Å². The smallest absolute Gasteiger partial charge is 0.134 e. The van der Waals surface area contributed by atoms with Crippen LogP contribution in [0.15, 0.2) is 28.7 Å². The molecule has 0 spiro atoms. The molecule has 20 heavy (non-hydrogen) atoms. The Kier molecular flexibility index (Phi) is 5.66. The Hall–Kier alpha value is -1.28. The molecule has 0 aliphatic rings. The summed E-state index contributed by atoms with van der Waals surface area (Å²) in [4.78, 5) is 0. The number of fused-ring (bicyclic) bond motifs is 1. The molecule has 0 amide bonds. The molecule has 1 unspecified atom stereocenters. The van der Waals surface area contributed by atoms with E-state index in [4.69, 9.17) is 4.42 Å². The van der Waals surface area contributed by atoms with Crippen molar-refractivity contribution in [2.24, 2.45) is 0 Å². The summed E-state index contributed by atoms with van der Waals surface area (Å²) in [6, 6.07) is 8.96. The first kappa shape index (κ1) is 15.1. The highest BCUT2D eigenvalue weighted by Crippen LogP contribution is 2.27. The maximum absolute atomic E-state index is 6.05. The van der Waals surface area contributed by atoms with E-state index in [1.165, 1.54) is 42.4 Å². The third-order valence-corrected chi connectivity index (χ3v) is 3.89. The molecule has 0 saturated carbocycles. The van der Waals surface area contributed by atoms with E-state index >= 15 is 0 Å². The second kappa shape index (κ2) is 7.49. The van der Waals surface area contributed by atoms with Crippen LogP contribution in [-0.2, 0) is 13.0 Å². The van der Waals surface area contributed by atoms with Crippen molar-refractivity contribution in [1.82, 2.24) is 5.32 Å². The number of unbranched alkanes of at least 4 members (excludes halogenated alkanes) is 1. The largest absolute Gasteiger partial charge is 0.461 e. The summed E-state index contributed by atoms with van der Waals surface area (Å²) >= 11 is 0. The van der Waals surface area contributed by atoms with Crippen LogP contribution in [0.2, 0.25) is 0 Å². The average molecular weight is 273 g/mol. The van der Waals surface area contributed by atoms with Crippen LogP contribution in [0.4, 0.5) is 0 Å². The topological polar surface area (TPSA) is 25.2 Å². The molecule has 0 aliphatic carbocycles. The molecule has 2 aromatic rings. The van der Waals surface area contributed by atoms with Crippen molar-refractivity contribution < 1.29 is 4.42 Å². The van der Waals surface area contributed by atoms with E-state index in [-0.39, 0.29) is 0 Å². The molecule has 110 valence electrons. The summed E-state index contributed by atoms with van der Waals surface area (Å²) in [5.41, 5.74) is 2.38. The fraction of sp³-hybridized carbons (Fsp3) is 0.556. The molecule has 0 bridgehead atoms. The average Bonchev–Trinajstić information content (AvgIpc) is 2.81. The Morgan fingerprint density at radius 1 is 1.15 bits per heavy atom. The Bertz CT molecular complexity index is 529. The fourth-order valence-electron chi connectivity index (χ4n) is 2.69. The molecule has 1 aromatic carbocycles. The lowest BCUT2D eigenvalue weighted by atomic mass is 10.1. The highest BCUT2D eigenvalue weighted by Gasteiger charge is 2.13. The van der Waals surface area contributed by atoms with Crippen molar-refractivity contribution in [1.29, 1.82) is 0 Å². The normalized spacial score (nSPS) is 12.9. The van der Waals surface area contributed by atoms with Gasteiger partial charge in [0.15, 0.2) is 0 Å². The van der Waals surface area contributed by atoms with Gasteiger partial charge in [0, 0.05) is 30.0 Å². The minimum atomic E-state index is 0.563. The van der Waals surface area contributed by atoms with E-state index in [0.29, 0.717) is 6.04 Å². The van der Waals surface area contributed by atoms with Crippen molar-refractivity contribution in [2.45, 2.75) is 65.5 Å². The Morgan fingerprint density at radius 3 is 2.70 bits per heavy atom. The molecule has 1 N–H and O–H groups in total. The van der Waals surface area contributed by atoms with Crippen LogP contribution in [0, 0.1) is 0 Å². The minimum Gasteiger partial charge on any atom is -0.461 e. The molecule has 1 heterocycles. The van der Waals surface area contributed by atoms with Crippen LogP contribution in [0.5, 0.6) is 0 Å². The minimum absolute atomic E-state index is 0.563. The lowest BCUT2D eigenvalue weighted by Gasteiger charge is -2.12. The first-order valence-electron chi connectivity index (χ1n) is 7.98. The standard InChI is InChI=1S/C18H27NO/c1-4-6-11-18-16(13-19-14(3)9-5-2)15-10-7-8-12-17(15)20-18/h7-8,10,12,14,19H,4-6,9,11,13H2,1-3H3. The highest BCUT2D eigenvalue weighted by atomic mass is 16.3. The quantitative estimate of drug-likeness (QED) is 0.727. The van der Waals surface area contributed by atoms with Gasteiger partial charge in [-0.1, -0.05) is 44.9 Å². The number of para-hydroxylation sites is 1. The van der Waals surface area contributed by atoms with Crippen LogP contribution in [-0.4, -0.2) is 6.04 Å². The van der Waals surface area contributed by atoms with Crippen molar-refractivity contribution in [3.05, 3.63) is 35.6 Å². The SMILES string of the molecule is CCCCc1oc2ccccc2c1CNC(C)CCC. The van der Waals surface area contributed by atoms with Gasteiger partial charge >= 0.3 is 0 Å². The van der Waals surface area contributed by atoms with Crippen LogP contribution in [0.3, 0.4) is 0 Å². The fourth-order valence-corrected chi connectivity index (χ4v) is 2.69. The van der Waals surface area contributed by atoms with Crippen molar-refractivity contribution in [3.63, 3.8) is 0 Å². The van der Waals surface area contributed by atoms with Gasteiger partial charge in [-0.05, 0) is 25.8 Å². The van der Waals surface area contributed by atoms with Crippen molar-refractivity contribution in [3.8, 4) is 0 Å². The number of nitrogens with one attached hydrogen (secondary N) is 1. The van der Waals surface area contributed by atoms with Crippen molar-refractivity contribution >= 4 is 11.0 Å². The van der Waals surface area contributed by atoms with Gasteiger partial charge in [-0.2, -0.15) is 0 Å². The third-order valence-electron chi connectivity index (χ3n) is 3.89. The second-order valence-corrected chi connectivity index (χ2v) is 5.67. The number of benzene rings is 1. The molecule has 2 nitrogen and oxygen atoms in total. The van der Waals surface area contributed by atoms with Crippen LogP contribution < -0.4 is 5.32 Å².